The van der Waals surface area contributed by atoms with Crippen LogP contribution < -0.4 is 10.6 Å². The molecule has 3 N–H and O–H groups in total. The predicted molar refractivity (Wildman–Crippen MR) is 144 cm³/mol. The molecule has 0 bridgehead atoms. The van der Waals surface area contributed by atoms with Gasteiger partial charge in [0.25, 0.3) is 5.91 Å². The zero-order chi connectivity index (χ0) is 25.9. The number of phenolic OH excluding ortho intramolecular Hbond substituents is 1. The van der Waals surface area contributed by atoms with Crippen LogP contribution in [0.2, 0.25) is 0 Å². The summed E-state index contributed by atoms with van der Waals surface area (Å²) in [6, 6.07) is 21.8. The minimum atomic E-state index is -0.294. The van der Waals surface area contributed by atoms with Gasteiger partial charge in [-0.3, -0.25) is 4.79 Å². The molecule has 2 amide bonds. The van der Waals surface area contributed by atoms with E-state index >= 15 is 0 Å². The highest BCUT2D eigenvalue weighted by Gasteiger charge is 2.27. The van der Waals surface area contributed by atoms with E-state index in [4.69, 9.17) is 0 Å². The number of carbonyl (C=O) groups excluding carboxylic acids is 2. The second-order valence-electron chi connectivity index (χ2n) is 9.58. The van der Waals surface area contributed by atoms with Crippen molar-refractivity contribution in [2.45, 2.75) is 45.6 Å². The van der Waals surface area contributed by atoms with Gasteiger partial charge in [0, 0.05) is 35.3 Å². The second-order valence-corrected chi connectivity index (χ2v) is 9.58. The smallest absolute Gasteiger partial charge is 0.342 e. The Morgan fingerprint density at radius 2 is 1.70 bits per heavy atom. The molecular weight excluding hydrogens is 464 g/mol. The molecule has 0 saturated heterocycles. The summed E-state index contributed by atoms with van der Waals surface area (Å²) in [5.74, 6) is 0.000103. The average Bonchev–Trinajstić information content (AvgIpc) is 3.27. The van der Waals surface area contributed by atoms with Gasteiger partial charge in [0.2, 0.25) is 0 Å². The first-order valence-electron chi connectivity index (χ1n) is 12.5. The Labute approximate surface area is 216 Å². The third-order valence-corrected chi connectivity index (χ3v) is 7.07. The fourth-order valence-electron chi connectivity index (χ4n) is 4.59. The van der Waals surface area contributed by atoms with Crippen LogP contribution in [0.1, 0.15) is 57.9 Å². The van der Waals surface area contributed by atoms with Crippen molar-refractivity contribution in [1.29, 1.82) is 0 Å². The molecule has 1 aliphatic carbocycles. The molecule has 1 fully saturated rings. The zero-order valence-corrected chi connectivity index (χ0v) is 21.0. The maximum atomic E-state index is 13.1. The first-order chi connectivity index (χ1) is 17.9. The molecule has 0 radical (unpaired) electrons. The molecule has 188 valence electrons. The van der Waals surface area contributed by atoms with E-state index in [2.05, 4.69) is 15.7 Å². The summed E-state index contributed by atoms with van der Waals surface area (Å²) in [5.41, 5.74) is 5.95. The first-order valence-corrected chi connectivity index (χ1v) is 12.5. The van der Waals surface area contributed by atoms with Crippen molar-refractivity contribution in [2.24, 2.45) is 0 Å². The van der Waals surface area contributed by atoms with Crippen LogP contribution in [0.3, 0.4) is 0 Å². The number of rotatable bonds is 6. The summed E-state index contributed by atoms with van der Waals surface area (Å²) in [6.45, 7) is 4.30. The van der Waals surface area contributed by atoms with Gasteiger partial charge >= 0.3 is 6.03 Å². The van der Waals surface area contributed by atoms with Crippen LogP contribution in [0.4, 0.5) is 10.5 Å². The predicted octanol–water partition coefficient (Wildman–Crippen LogP) is 6.15. The molecule has 0 aliphatic heterocycles. The summed E-state index contributed by atoms with van der Waals surface area (Å²) in [6.07, 6.45) is 3.13. The third kappa shape index (κ3) is 5.11. The number of hydrogen-bond donors (Lipinski definition) is 3. The van der Waals surface area contributed by atoms with Gasteiger partial charge in [-0.25, -0.2) is 4.79 Å². The fraction of sp³-hybridized carbons (Fsp3) is 0.233. The number of hydrogen-bond acceptors (Lipinski definition) is 4. The molecular formula is C30H30N4O3. The van der Waals surface area contributed by atoms with Crippen molar-refractivity contribution in [3.05, 3.63) is 101 Å². The number of aromatic nitrogens is 2. The molecule has 1 heterocycles. The molecule has 7 nitrogen and oxygen atoms in total. The molecule has 0 spiro atoms. The van der Waals surface area contributed by atoms with Crippen LogP contribution >= 0.6 is 0 Å². The van der Waals surface area contributed by atoms with E-state index in [0.29, 0.717) is 29.1 Å². The van der Waals surface area contributed by atoms with Crippen LogP contribution in [-0.4, -0.2) is 26.8 Å². The standard InChI is InChI=1S/C30H30N4O3/c1-19-8-3-5-10-22(19)18-31-30(37)34-27(21-11-7-12-21)17-26(33-34)25-15-14-23(16-28(25)35)32-29(36)24-13-6-4-9-20(24)2/h3-6,8-10,13-17,21,35H,7,11-12,18H2,1-2H3,(H,31,37)(H,32,36). The van der Waals surface area contributed by atoms with Gasteiger partial charge < -0.3 is 15.7 Å². The molecule has 0 atom stereocenters. The number of benzene rings is 3. The van der Waals surface area contributed by atoms with E-state index < -0.39 is 0 Å². The van der Waals surface area contributed by atoms with Gasteiger partial charge in [0.15, 0.2) is 0 Å². The van der Waals surface area contributed by atoms with Crippen molar-refractivity contribution >= 4 is 17.6 Å². The second kappa shape index (κ2) is 10.3. The number of anilines is 1. The first kappa shape index (κ1) is 24.3. The van der Waals surface area contributed by atoms with Crippen molar-refractivity contribution in [3.63, 3.8) is 0 Å². The Kier molecular flexibility index (Phi) is 6.77. The number of nitrogens with zero attached hydrogens (tertiary/aromatic N) is 2. The highest BCUT2D eigenvalue weighted by atomic mass is 16.3. The average molecular weight is 495 g/mol. The summed E-state index contributed by atoms with van der Waals surface area (Å²) in [7, 11) is 0. The van der Waals surface area contributed by atoms with Gasteiger partial charge in [-0.1, -0.05) is 48.9 Å². The summed E-state index contributed by atoms with van der Waals surface area (Å²) >= 11 is 0. The molecule has 4 aromatic rings. The maximum absolute atomic E-state index is 13.1. The Bertz CT molecular complexity index is 1470. The lowest BCUT2D eigenvalue weighted by atomic mass is 9.82. The summed E-state index contributed by atoms with van der Waals surface area (Å²) < 4.78 is 1.44. The Morgan fingerprint density at radius 3 is 2.38 bits per heavy atom. The topological polar surface area (TPSA) is 96.3 Å². The molecule has 1 aliphatic rings. The Balaban J connectivity index is 1.37. The van der Waals surface area contributed by atoms with Crippen molar-refractivity contribution in [3.8, 4) is 17.0 Å². The highest BCUT2D eigenvalue weighted by Crippen LogP contribution is 2.39. The van der Waals surface area contributed by atoms with E-state index in [1.807, 2.05) is 62.4 Å². The third-order valence-electron chi connectivity index (χ3n) is 7.07. The maximum Gasteiger partial charge on any atom is 0.342 e. The number of carbonyl (C=O) groups is 2. The lowest BCUT2D eigenvalue weighted by molar-refractivity contribution is 0.102. The van der Waals surface area contributed by atoms with E-state index in [1.54, 1.807) is 18.2 Å². The van der Waals surface area contributed by atoms with E-state index in [-0.39, 0.29) is 23.6 Å². The normalized spacial score (nSPS) is 13.1. The quantitative estimate of drug-likeness (QED) is 0.300. The number of phenols is 1. The number of amides is 2. The number of aromatic hydroxyl groups is 1. The lowest BCUT2D eigenvalue weighted by Crippen LogP contribution is -2.31. The number of nitrogens with one attached hydrogen (secondary N) is 2. The van der Waals surface area contributed by atoms with E-state index in [1.165, 1.54) is 10.7 Å². The largest absolute Gasteiger partial charge is 0.507 e. The van der Waals surface area contributed by atoms with Gasteiger partial charge in [0.05, 0.1) is 11.4 Å². The minimum Gasteiger partial charge on any atom is -0.507 e. The number of aryl methyl sites for hydroxylation is 2. The molecule has 1 saturated carbocycles. The van der Waals surface area contributed by atoms with Crippen LogP contribution in [0.25, 0.3) is 11.3 Å². The van der Waals surface area contributed by atoms with Crippen molar-refractivity contribution in [2.75, 3.05) is 5.32 Å². The molecule has 1 aromatic heterocycles. The van der Waals surface area contributed by atoms with Crippen LogP contribution in [-0.2, 0) is 6.54 Å². The van der Waals surface area contributed by atoms with Crippen LogP contribution in [0, 0.1) is 13.8 Å². The lowest BCUT2D eigenvalue weighted by Gasteiger charge is -2.25. The van der Waals surface area contributed by atoms with Crippen LogP contribution in [0.5, 0.6) is 5.75 Å². The molecule has 5 rings (SSSR count). The van der Waals surface area contributed by atoms with E-state index in [0.717, 1.165) is 41.6 Å². The highest BCUT2D eigenvalue weighted by molar-refractivity contribution is 6.05. The fourth-order valence-corrected chi connectivity index (χ4v) is 4.59. The van der Waals surface area contributed by atoms with Gasteiger partial charge in [0.1, 0.15) is 5.75 Å². The van der Waals surface area contributed by atoms with Crippen LogP contribution in [0.15, 0.2) is 72.8 Å². The summed E-state index contributed by atoms with van der Waals surface area (Å²) in [5, 5.41) is 21.2. The monoisotopic (exact) mass is 494 g/mol. The molecule has 0 unspecified atom stereocenters. The molecule has 37 heavy (non-hydrogen) atoms. The molecule has 3 aromatic carbocycles. The zero-order valence-electron chi connectivity index (χ0n) is 21.0. The summed E-state index contributed by atoms with van der Waals surface area (Å²) in [4.78, 5) is 25.8. The van der Waals surface area contributed by atoms with Crippen molar-refractivity contribution < 1.29 is 14.7 Å². The Hall–Kier alpha value is -4.39. The van der Waals surface area contributed by atoms with E-state index in [9.17, 15) is 14.7 Å². The minimum absolute atomic E-state index is 0.0206. The van der Waals surface area contributed by atoms with Crippen molar-refractivity contribution in [1.82, 2.24) is 15.1 Å². The van der Waals surface area contributed by atoms with Gasteiger partial charge in [-0.2, -0.15) is 9.78 Å². The van der Waals surface area contributed by atoms with Gasteiger partial charge in [-0.15, -0.1) is 0 Å². The van der Waals surface area contributed by atoms with Gasteiger partial charge in [-0.05, 0) is 67.6 Å². The Morgan fingerprint density at radius 1 is 0.973 bits per heavy atom. The SMILES string of the molecule is Cc1ccccc1CNC(=O)n1nc(-c2ccc(NC(=O)c3ccccc3C)cc2O)cc1C1CCC1. The molecule has 7 heteroatoms.